The highest BCUT2D eigenvalue weighted by molar-refractivity contribution is 5.85. The fraction of sp³-hybridized carbons (Fsp3) is 0.923. The van der Waals surface area contributed by atoms with E-state index in [1.807, 2.05) is 13.8 Å². The van der Waals surface area contributed by atoms with Crippen LogP contribution >= 0.6 is 0 Å². The van der Waals surface area contributed by atoms with Crippen molar-refractivity contribution >= 4 is 5.84 Å². The van der Waals surface area contributed by atoms with E-state index in [0.717, 1.165) is 13.0 Å². The summed E-state index contributed by atoms with van der Waals surface area (Å²) < 4.78 is 0. The lowest BCUT2D eigenvalue weighted by atomic mass is 9.88. The number of nitrogens with zero attached hydrogens (tertiary/aromatic N) is 1. The van der Waals surface area contributed by atoms with Gasteiger partial charge in [-0.2, -0.15) is 0 Å². The molecule has 0 spiro atoms. The Hall–Kier alpha value is -0.770. The highest BCUT2D eigenvalue weighted by Crippen LogP contribution is 2.62. The molecule has 1 rings (SSSR count). The van der Waals surface area contributed by atoms with Gasteiger partial charge in [0.25, 0.3) is 0 Å². The molecule has 4 nitrogen and oxygen atoms in total. The van der Waals surface area contributed by atoms with Gasteiger partial charge >= 0.3 is 0 Å². The molecule has 1 saturated carbocycles. The zero-order chi connectivity index (χ0) is 13.5. The SMILES string of the molecule is CC(C)(CCNC1C(C)(C)C1(C)C)C(N)=NO. The van der Waals surface area contributed by atoms with Gasteiger partial charge in [-0.3, -0.25) is 0 Å². The Balaban J connectivity index is 2.41. The Morgan fingerprint density at radius 1 is 1.29 bits per heavy atom. The topological polar surface area (TPSA) is 70.6 Å². The normalized spacial score (nSPS) is 23.8. The minimum absolute atomic E-state index is 0.259. The Kier molecular flexibility index (Phi) is 3.50. The summed E-state index contributed by atoms with van der Waals surface area (Å²) in [6.45, 7) is 14.0. The third-order valence-electron chi connectivity index (χ3n) is 4.92. The average molecular weight is 241 g/mol. The Morgan fingerprint density at radius 2 is 1.76 bits per heavy atom. The van der Waals surface area contributed by atoms with Gasteiger partial charge in [0.15, 0.2) is 0 Å². The molecule has 4 heteroatoms. The summed E-state index contributed by atoms with van der Waals surface area (Å²) in [5, 5.41) is 15.4. The van der Waals surface area contributed by atoms with Gasteiger partial charge in [0, 0.05) is 11.5 Å². The molecule has 0 bridgehead atoms. The summed E-state index contributed by atoms with van der Waals surface area (Å²) in [7, 11) is 0. The van der Waals surface area contributed by atoms with Crippen molar-refractivity contribution in [1.29, 1.82) is 0 Å². The molecule has 4 N–H and O–H groups in total. The standard InChI is InChI=1S/C13H27N3O/c1-11(2,10(14)16-17)7-8-15-9-12(3,4)13(9,5)6/h9,15,17H,7-8H2,1-6H3,(H2,14,16). The fourth-order valence-corrected chi connectivity index (χ4v) is 2.50. The summed E-state index contributed by atoms with van der Waals surface area (Å²) in [5.41, 5.74) is 6.11. The number of amidine groups is 1. The predicted octanol–water partition coefficient (Wildman–Crippen LogP) is 2.17. The molecule has 0 atom stereocenters. The van der Waals surface area contributed by atoms with Crippen molar-refractivity contribution in [3.63, 3.8) is 0 Å². The monoisotopic (exact) mass is 241 g/mol. The molecule has 0 saturated heterocycles. The van der Waals surface area contributed by atoms with Gasteiger partial charge in [-0.25, -0.2) is 0 Å². The van der Waals surface area contributed by atoms with Crippen LogP contribution in [0.25, 0.3) is 0 Å². The van der Waals surface area contributed by atoms with E-state index < -0.39 is 0 Å². The zero-order valence-electron chi connectivity index (χ0n) is 12.0. The van der Waals surface area contributed by atoms with E-state index in [1.54, 1.807) is 0 Å². The van der Waals surface area contributed by atoms with Crippen LogP contribution in [0, 0.1) is 16.2 Å². The summed E-state index contributed by atoms with van der Waals surface area (Å²) in [6, 6.07) is 0.554. The second-order valence-electron chi connectivity index (χ2n) is 6.95. The van der Waals surface area contributed by atoms with Crippen LogP contribution in [0.2, 0.25) is 0 Å². The van der Waals surface area contributed by atoms with Crippen molar-refractivity contribution in [2.24, 2.45) is 27.1 Å². The summed E-state index contributed by atoms with van der Waals surface area (Å²) >= 11 is 0. The number of nitrogens with one attached hydrogen (secondary N) is 1. The molecule has 100 valence electrons. The molecule has 0 amide bonds. The maximum absolute atomic E-state index is 8.70. The first-order chi connectivity index (χ1) is 7.57. The fourth-order valence-electron chi connectivity index (χ4n) is 2.50. The van der Waals surface area contributed by atoms with Crippen molar-refractivity contribution in [2.75, 3.05) is 6.54 Å². The molecular formula is C13H27N3O. The lowest BCUT2D eigenvalue weighted by Crippen LogP contribution is -2.36. The van der Waals surface area contributed by atoms with Crippen molar-refractivity contribution in [1.82, 2.24) is 5.32 Å². The first kappa shape index (κ1) is 14.3. The molecule has 17 heavy (non-hydrogen) atoms. The molecule has 1 aliphatic rings. The van der Waals surface area contributed by atoms with Crippen molar-refractivity contribution in [3.8, 4) is 0 Å². The van der Waals surface area contributed by atoms with Crippen LogP contribution in [-0.4, -0.2) is 23.6 Å². The van der Waals surface area contributed by atoms with Gasteiger partial charge in [-0.1, -0.05) is 46.7 Å². The van der Waals surface area contributed by atoms with Gasteiger partial charge in [0.05, 0.1) is 0 Å². The van der Waals surface area contributed by atoms with Crippen LogP contribution in [0.5, 0.6) is 0 Å². The lowest BCUT2D eigenvalue weighted by molar-refractivity contribution is 0.304. The summed E-state index contributed by atoms with van der Waals surface area (Å²) in [6.07, 6.45) is 0.867. The lowest BCUT2D eigenvalue weighted by Gasteiger charge is -2.23. The Morgan fingerprint density at radius 3 is 2.12 bits per heavy atom. The van der Waals surface area contributed by atoms with Crippen LogP contribution in [0.4, 0.5) is 0 Å². The van der Waals surface area contributed by atoms with Crippen LogP contribution in [0.1, 0.15) is 48.0 Å². The Bertz CT molecular complexity index is 305. The third kappa shape index (κ3) is 2.41. The molecule has 0 aromatic carbocycles. The highest BCUT2D eigenvalue weighted by Gasteiger charge is 2.64. The number of oxime groups is 1. The van der Waals surface area contributed by atoms with Crippen LogP contribution in [0.3, 0.4) is 0 Å². The van der Waals surface area contributed by atoms with Crippen molar-refractivity contribution < 1.29 is 5.21 Å². The largest absolute Gasteiger partial charge is 0.409 e. The number of hydrogen-bond acceptors (Lipinski definition) is 3. The van der Waals surface area contributed by atoms with Gasteiger partial charge in [0.2, 0.25) is 0 Å². The zero-order valence-corrected chi connectivity index (χ0v) is 12.0. The van der Waals surface area contributed by atoms with Gasteiger partial charge < -0.3 is 16.3 Å². The number of rotatable bonds is 5. The molecular weight excluding hydrogens is 214 g/mol. The first-order valence-electron chi connectivity index (χ1n) is 6.29. The maximum atomic E-state index is 8.70. The van der Waals surface area contributed by atoms with Gasteiger partial charge in [-0.05, 0) is 23.8 Å². The molecule has 0 aliphatic heterocycles. The smallest absolute Gasteiger partial charge is 0.144 e. The molecule has 0 unspecified atom stereocenters. The van der Waals surface area contributed by atoms with E-state index in [4.69, 9.17) is 10.9 Å². The van der Waals surface area contributed by atoms with Crippen molar-refractivity contribution in [2.45, 2.75) is 54.0 Å². The quantitative estimate of drug-likeness (QED) is 0.299. The molecule has 1 fully saturated rings. The van der Waals surface area contributed by atoms with E-state index in [1.165, 1.54) is 0 Å². The van der Waals surface area contributed by atoms with E-state index in [9.17, 15) is 0 Å². The predicted molar refractivity (Wildman–Crippen MR) is 71.2 cm³/mol. The van der Waals surface area contributed by atoms with E-state index >= 15 is 0 Å². The van der Waals surface area contributed by atoms with Crippen LogP contribution in [0.15, 0.2) is 5.16 Å². The first-order valence-corrected chi connectivity index (χ1v) is 6.29. The third-order valence-corrected chi connectivity index (χ3v) is 4.92. The van der Waals surface area contributed by atoms with Gasteiger partial charge in [-0.15, -0.1) is 0 Å². The molecule has 1 aliphatic carbocycles. The van der Waals surface area contributed by atoms with Crippen molar-refractivity contribution in [3.05, 3.63) is 0 Å². The summed E-state index contributed by atoms with van der Waals surface area (Å²) in [4.78, 5) is 0. The second-order valence-corrected chi connectivity index (χ2v) is 6.95. The molecule has 0 aromatic heterocycles. The van der Waals surface area contributed by atoms with Gasteiger partial charge in [0.1, 0.15) is 5.84 Å². The van der Waals surface area contributed by atoms with E-state index in [-0.39, 0.29) is 5.41 Å². The van der Waals surface area contributed by atoms with E-state index in [2.05, 4.69) is 38.2 Å². The van der Waals surface area contributed by atoms with Crippen LogP contribution in [-0.2, 0) is 0 Å². The van der Waals surface area contributed by atoms with Crippen LogP contribution < -0.4 is 11.1 Å². The minimum Gasteiger partial charge on any atom is -0.409 e. The molecule has 0 aromatic rings. The molecule has 0 radical (unpaired) electrons. The number of hydrogen-bond donors (Lipinski definition) is 3. The highest BCUT2D eigenvalue weighted by atomic mass is 16.4. The summed E-state index contributed by atoms with van der Waals surface area (Å²) in [5.74, 6) is 0.300. The van der Waals surface area contributed by atoms with E-state index in [0.29, 0.717) is 22.7 Å². The second kappa shape index (κ2) is 4.16. The minimum atomic E-state index is -0.259. The Labute approximate surface area is 105 Å². The molecule has 0 heterocycles. The number of nitrogens with two attached hydrogens (primary N) is 1. The average Bonchev–Trinajstić information content (AvgIpc) is 2.59. The maximum Gasteiger partial charge on any atom is 0.144 e.